The number of amides is 2. The van der Waals surface area contributed by atoms with Gasteiger partial charge in [0.05, 0.1) is 10.8 Å². The molecule has 0 spiro atoms. The van der Waals surface area contributed by atoms with Gasteiger partial charge in [-0.3, -0.25) is 0 Å². The van der Waals surface area contributed by atoms with Crippen LogP contribution >= 0.6 is 11.6 Å². The second-order valence-corrected chi connectivity index (χ2v) is 5.04. The normalized spacial score (nSPS) is 10.9. The lowest BCUT2D eigenvalue weighted by molar-refractivity contribution is 0.253. The highest BCUT2D eigenvalue weighted by atomic mass is 35.5. The number of halogens is 1. The number of hydrogen-bond acceptors (Lipinski definition) is 4. The number of urea groups is 1. The number of alkyl halides is 1. The van der Waals surface area contributed by atoms with Crippen molar-refractivity contribution in [3.63, 3.8) is 0 Å². The van der Waals surface area contributed by atoms with Gasteiger partial charge < -0.3 is 10.5 Å². The van der Waals surface area contributed by atoms with E-state index >= 15 is 0 Å². The molecule has 0 saturated heterocycles. The molecule has 0 aromatic heterocycles. The van der Waals surface area contributed by atoms with E-state index < -0.39 is 16.1 Å². The largest absolute Gasteiger partial charge is 0.492 e. The molecule has 0 fully saturated rings. The van der Waals surface area contributed by atoms with E-state index in [0.717, 1.165) is 0 Å². The molecular formula is C9H11ClN2O4S. The molecule has 0 atom stereocenters. The minimum atomic E-state index is -3.90. The summed E-state index contributed by atoms with van der Waals surface area (Å²) in [4.78, 5) is 10.4. The Balaban J connectivity index is 2.83. The van der Waals surface area contributed by atoms with Crippen molar-refractivity contribution < 1.29 is 17.9 Å². The number of ether oxygens (including phenoxy) is 1. The summed E-state index contributed by atoms with van der Waals surface area (Å²) in [5.41, 5.74) is 4.74. The van der Waals surface area contributed by atoms with Gasteiger partial charge in [0.1, 0.15) is 12.4 Å². The number of sulfonamides is 1. The van der Waals surface area contributed by atoms with Crippen LogP contribution in [-0.2, 0) is 10.0 Å². The van der Waals surface area contributed by atoms with Crippen molar-refractivity contribution in [3.05, 3.63) is 24.3 Å². The third-order valence-corrected chi connectivity index (χ3v) is 3.23. The lowest BCUT2D eigenvalue weighted by Gasteiger charge is -2.06. The topological polar surface area (TPSA) is 98.5 Å². The van der Waals surface area contributed by atoms with Crippen LogP contribution in [0.3, 0.4) is 0 Å². The van der Waals surface area contributed by atoms with Crippen molar-refractivity contribution in [1.29, 1.82) is 0 Å². The Kier molecular flexibility index (Phi) is 4.59. The van der Waals surface area contributed by atoms with Crippen molar-refractivity contribution in [3.8, 4) is 5.75 Å². The summed E-state index contributed by atoms with van der Waals surface area (Å²) < 4.78 is 29.8. The number of nitrogens with one attached hydrogen (secondary N) is 1. The molecule has 0 saturated carbocycles. The fourth-order valence-electron chi connectivity index (χ4n) is 1.06. The number of benzene rings is 1. The highest BCUT2D eigenvalue weighted by Gasteiger charge is 2.15. The lowest BCUT2D eigenvalue weighted by atomic mass is 10.3. The zero-order chi connectivity index (χ0) is 12.9. The third kappa shape index (κ3) is 4.12. The van der Waals surface area contributed by atoms with Crippen LogP contribution in [0.5, 0.6) is 5.75 Å². The Morgan fingerprint density at radius 2 is 1.94 bits per heavy atom. The molecule has 94 valence electrons. The number of hydrogen-bond donors (Lipinski definition) is 2. The second-order valence-electron chi connectivity index (χ2n) is 2.98. The van der Waals surface area contributed by atoms with Gasteiger partial charge in [-0.15, -0.1) is 11.6 Å². The van der Waals surface area contributed by atoms with Crippen LogP contribution in [0.15, 0.2) is 29.2 Å². The monoisotopic (exact) mass is 278 g/mol. The van der Waals surface area contributed by atoms with Gasteiger partial charge in [0, 0.05) is 0 Å². The van der Waals surface area contributed by atoms with E-state index in [0.29, 0.717) is 18.2 Å². The van der Waals surface area contributed by atoms with Crippen LogP contribution < -0.4 is 15.2 Å². The minimum absolute atomic E-state index is 0.0745. The van der Waals surface area contributed by atoms with Crippen LogP contribution in [0.4, 0.5) is 4.79 Å². The SMILES string of the molecule is NC(=O)NS(=O)(=O)c1ccc(OCCCl)cc1. The first-order valence-corrected chi connectivity index (χ1v) is 6.58. The summed E-state index contributed by atoms with van der Waals surface area (Å²) in [6.07, 6.45) is 0. The van der Waals surface area contributed by atoms with E-state index in [1.807, 2.05) is 0 Å². The number of carbonyl (C=O) groups excluding carboxylic acids is 1. The average molecular weight is 279 g/mol. The van der Waals surface area contributed by atoms with Crippen LogP contribution in [0.25, 0.3) is 0 Å². The van der Waals surface area contributed by atoms with Crippen LogP contribution in [-0.4, -0.2) is 26.9 Å². The minimum Gasteiger partial charge on any atom is -0.492 e. The molecule has 0 aliphatic rings. The molecule has 0 aliphatic heterocycles. The smallest absolute Gasteiger partial charge is 0.326 e. The van der Waals surface area contributed by atoms with Crippen molar-refractivity contribution >= 4 is 27.7 Å². The van der Waals surface area contributed by atoms with Gasteiger partial charge in [0.25, 0.3) is 10.0 Å². The first kappa shape index (κ1) is 13.6. The quantitative estimate of drug-likeness (QED) is 0.773. The van der Waals surface area contributed by atoms with E-state index in [9.17, 15) is 13.2 Å². The fourth-order valence-corrected chi connectivity index (χ4v) is 2.02. The predicted octanol–water partition coefficient (Wildman–Crippen LogP) is 0.661. The van der Waals surface area contributed by atoms with E-state index in [-0.39, 0.29) is 4.90 Å². The van der Waals surface area contributed by atoms with Crippen molar-refractivity contribution in [1.82, 2.24) is 4.72 Å². The summed E-state index contributed by atoms with van der Waals surface area (Å²) in [6.45, 7) is 0.327. The van der Waals surface area contributed by atoms with E-state index in [4.69, 9.17) is 22.1 Å². The van der Waals surface area contributed by atoms with Crippen LogP contribution in [0.2, 0.25) is 0 Å². The van der Waals surface area contributed by atoms with E-state index in [2.05, 4.69) is 0 Å². The summed E-state index contributed by atoms with van der Waals surface area (Å²) in [5.74, 6) is 0.826. The molecule has 1 aromatic rings. The van der Waals surface area contributed by atoms with Crippen LogP contribution in [0.1, 0.15) is 0 Å². The van der Waals surface area contributed by atoms with Gasteiger partial charge in [0.2, 0.25) is 0 Å². The zero-order valence-electron chi connectivity index (χ0n) is 8.72. The highest BCUT2D eigenvalue weighted by molar-refractivity contribution is 7.90. The predicted molar refractivity (Wildman–Crippen MR) is 62.6 cm³/mol. The molecule has 1 aromatic carbocycles. The molecule has 0 aliphatic carbocycles. The molecule has 0 heterocycles. The summed E-state index contributed by atoms with van der Waals surface area (Å²) in [6, 6.07) is 4.39. The zero-order valence-corrected chi connectivity index (χ0v) is 10.3. The first-order chi connectivity index (χ1) is 7.95. The van der Waals surface area contributed by atoms with Crippen molar-refractivity contribution in [2.24, 2.45) is 5.73 Å². The molecule has 0 bridgehead atoms. The van der Waals surface area contributed by atoms with Gasteiger partial charge in [-0.1, -0.05) is 0 Å². The maximum atomic E-state index is 11.5. The lowest BCUT2D eigenvalue weighted by Crippen LogP contribution is -2.34. The van der Waals surface area contributed by atoms with Gasteiger partial charge in [-0.05, 0) is 24.3 Å². The number of nitrogens with two attached hydrogens (primary N) is 1. The van der Waals surface area contributed by atoms with Gasteiger partial charge >= 0.3 is 6.03 Å². The Bertz CT molecular complexity index is 486. The molecule has 2 amide bonds. The average Bonchev–Trinajstić information content (AvgIpc) is 2.25. The molecule has 3 N–H and O–H groups in total. The van der Waals surface area contributed by atoms with E-state index in [1.54, 1.807) is 4.72 Å². The Hall–Kier alpha value is -1.47. The molecule has 0 unspecified atom stereocenters. The molecule has 0 radical (unpaired) electrons. The maximum absolute atomic E-state index is 11.5. The molecule has 6 nitrogen and oxygen atoms in total. The molecule has 17 heavy (non-hydrogen) atoms. The summed E-state index contributed by atoms with van der Waals surface area (Å²) in [5, 5.41) is 0. The third-order valence-electron chi connectivity index (χ3n) is 1.71. The van der Waals surface area contributed by atoms with E-state index in [1.165, 1.54) is 24.3 Å². The molecular weight excluding hydrogens is 268 g/mol. The summed E-state index contributed by atoms with van der Waals surface area (Å²) in [7, 11) is -3.90. The van der Waals surface area contributed by atoms with Crippen LogP contribution in [0, 0.1) is 0 Å². The second kappa shape index (κ2) is 5.74. The molecule has 1 rings (SSSR count). The Morgan fingerprint density at radius 1 is 1.35 bits per heavy atom. The van der Waals surface area contributed by atoms with Gasteiger partial charge in [-0.25, -0.2) is 17.9 Å². The molecule has 8 heteroatoms. The number of primary amides is 1. The first-order valence-electron chi connectivity index (χ1n) is 4.57. The number of rotatable bonds is 5. The fraction of sp³-hybridized carbons (Fsp3) is 0.222. The van der Waals surface area contributed by atoms with Crippen molar-refractivity contribution in [2.75, 3.05) is 12.5 Å². The Morgan fingerprint density at radius 3 is 2.41 bits per heavy atom. The Labute approximate surface area is 104 Å². The number of carbonyl (C=O) groups is 1. The maximum Gasteiger partial charge on any atom is 0.326 e. The highest BCUT2D eigenvalue weighted by Crippen LogP contribution is 2.15. The summed E-state index contributed by atoms with van der Waals surface area (Å²) >= 11 is 5.43. The van der Waals surface area contributed by atoms with Crippen molar-refractivity contribution in [2.45, 2.75) is 4.90 Å². The van der Waals surface area contributed by atoms with Gasteiger partial charge in [0.15, 0.2) is 0 Å². The standard InChI is InChI=1S/C9H11ClN2O4S/c10-5-6-16-7-1-3-8(4-2-7)17(14,15)12-9(11)13/h1-4H,5-6H2,(H3,11,12,13). The van der Waals surface area contributed by atoms with Gasteiger partial charge in [-0.2, -0.15) is 0 Å².